The Morgan fingerprint density at radius 1 is 1.00 bits per heavy atom. The van der Waals surface area contributed by atoms with Gasteiger partial charge in [0.05, 0.1) is 5.41 Å². The monoisotopic (exact) mass is 367 g/mol. The summed E-state index contributed by atoms with van der Waals surface area (Å²) < 4.78 is 13.3. The highest BCUT2D eigenvalue weighted by Gasteiger charge is 2.43. The Bertz CT molecular complexity index is 902. The average Bonchev–Trinajstić information content (AvgIpc) is 3.33. The van der Waals surface area contributed by atoms with Crippen molar-refractivity contribution in [3.63, 3.8) is 0 Å². The zero-order valence-corrected chi connectivity index (χ0v) is 14.9. The molecule has 0 saturated heterocycles. The Balaban J connectivity index is 1.58. The maximum Gasteiger partial charge on any atom is 0.236 e. The first-order chi connectivity index (χ1) is 12.7. The van der Waals surface area contributed by atoms with E-state index in [-0.39, 0.29) is 11.7 Å². The highest BCUT2D eigenvalue weighted by atomic mass is 32.1. The van der Waals surface area contributed by atoms with Gasteiger partial charge in [-0.15, -0.1) is 10.2 Å². The lowest BCUT2D eigenvalue weighted by atomic mass is 9.78. The first-order valence-corrected chi connectivity index (χ1v) is 9.45. The molecule has 1 heterocycles. The van der Waals surface area contributed by atoms with Crippen LogP contribution in [0.3, 0.4) is 0 Å². The second-order valence-electron chi connectivity index (χ2n) is 6.53. The van der Waals surface area contributed by atoms with E-state index in [4.69, 9.17) is 0 Å². The lowest BCUT2D eigenvalue weighted by Crippen LogP contribution is -2.38. The molecule has 4 nitrogen and oxygen atoms in total. The summed E-state index contributed by atoms with van der Waals surface area (Å²) in [5.74, 6) is -0.378. The van der Waals surface area contributed by atoms with Crippen LogP contribution in [0.1, 0.15) is 31.2 Å². The fourth-order valence-corrected chi connectivity index (χ4v) is 4.33. The number of hydrogen-bond acceptors (Lipinski definition) is 4. The van der Waals surface area contributed by atoms with Gasteiger partial charge in [-0.25, -0.2) is 4.39 Å². The Hall–Kier alpha value is -2.60. The number of carbonyl (C=O) groups is 1. The van der Waals surface area contributed by atoms with Gasteiger partial charge in [0.25, 0.3) is 0 Å². The van der Waals surface area contributed by atoms with E-state index in [1.165, 1.54) is 23.5 Å². The van der Waals surface area contributed by atoms with Crippen LogP contribution in [0.4, 0.5) is 9.52 Å². The van der Waals surface area contributed by atoms with Gasteiger partial charge < -0.3 is 0 Å². The minimum Gasteiger partial charge on any atom is -0.300 e. The van der Waals surface area contributed by atoms with Gasteiger partial charge in [0.1, 0.15) is 10.8 Å². The molecule has 1 aliphatic rings. The van der Waals surface area contributed by atoms with Gasteiger partial charge in [0, 0.05) is 5.56 Å². The number of nitrogens with zero attached hydrogens (tertiary/aromatic N) is 2. The van der Waals surface area contributed by atoms with Crippen molar-refractivity contribution in [2.45, 2.75) is 31.1 Å². The Morgan fingerprint density at radius 3 is 2.38 bits per heavy atom. The van der Waals surface area contributed by atoms with Gasteiger partial charge in [0.15, 0.2) is 0 Å². The van der Waals surface area contributed by atoms with E-state index in [0.717, 1.165) is 41.8 Å². The van der Waals surface area contributed by atoms with Crippen molar-refractivity contribution in [2.24, 2.45) is 0 Å². The lowest BCUT2D eigenvalue weighted by Gasteiger charge is -2.27. The summed E-state index contributed by atoms with van der Waals surface area (Å²) in [5.41, 5.74) is 1.22. The zero-order chi connectivity index (χ0) is 18.0. The molecule has 132 valence electrons. The first-order valence-electron chi connectivity index (χ1n) is 8.64. The molecule has 6 heteroatoms. The molecule has 1 saturated carbocycles. The molecule has 3 aromatic rings. The molecule has 0 unspecified atom stereocenters. The molecule has 0 aliphatic heterocycles. The Morgan fingerprint density at radius 2 is 1.69 bits per heavy atom. The molecule has 0 atom stereocenters. The van der Waals surface area contributed by atoms with Gasteiger partial charge in [-0.05, 0) is 30.5 Å². The molecule has 0 bridgehead atoms. The minimum absolute atomic E-state index is 0.0858. The predicted molar refractivity (Wildman–Crippen MR) is 101 cm³/mol. The molecule has 1 amide bonds. The number of nitrogens with one attached hydrogen (secondary N) is 1. The number of amides is 1. The number of benzene rings is 2. The topological polar surface area (TPSA) is 54.9 Å². The van der Waals surface area contributed by atoms with Crippen LogP contribution in [0, 0.1) is 5.82 Å². The highest BCUT2D eigenvalue weighted by molar-refractivity contribution is 7.18. The molecule has 1 aliphatic carbocycles. The van der Waals surface area contributed by atoms with Crippen LogP contribution in [0.15, 0.2) is 54.6 Å². The second kappa shape index (κ2) is 6.96. The molecule has 0 spiro atoms. The van der Waals surface area contributed by atoms with E-state index in [2.05, 4.69) is 15.5 Å². The number of aromatic nitrogens is 2. The maximum atomic E-state index is 13.3. The molecule has 1 aromatic heterocycles. The second-order valence-corrected chi connectivity index (χ2v) is 7.51. The van der Waals surface area contributed by atoms with E-state index in [1.807, 2.05) is 30.3 Å². The van der Waals surface area contributed by atoms with Crippen molar-refractivity contribution >= 4 is 22.4 Å². The third-order valence-corrected chi connectivity index (χ3v) is 5.84. The molecule has 1 fully saturated rings. The molecule has 2 aromatic carbocycles. The average molecular weight is 367 g/mol. The van der Waals surface area contributed by atoms with Crippen LogP contribution >= 0.6 is 11.3 Å². The van der Waals surface area contributed by atoms with Crippen molar-refractivity contribution in [3.8, 4) is 10.6 Å². The SMILES string of the molecule is O=C(Nc1nnc(-c2ccccc2)s1)C1(c2ccc(F)cc2)CCCC1. The molecule has 4 rings (SSSR count). The Kier molecular flexibility index (Phi) is 4.51. The quantitative estimate of drug-likeness (QED) is 0.721. The standard InChI is InChI=1S/C20H18FN3OS/c21-16-10-8-15(9-11-16)20(12-4-5-13-20)18(25)22-19-24-23-17(26-19)14-6-2-1-3-7-14/h1-3,6-11H,4-5,12-13H2,(H,22,24,25). The summed E-state index contributed by atoms with van der Waals surface area (Å²) >= 11 is 1.36. The number of halogens is 1. The van der Waals surface area contributed by atoms with Crippen LogP contribution in [-0.4, -0.2) is 16.1 Å². The summed E-state index contributed by atoms with van der Waals surface area (Å²) in [4.78, 5) is 13.1. The molecular formula is C20H18FN3OS. The van der Waals surface area contributed by atoms with E-state index >= 15 is 0 Å². The van der Waals surface area contributed by atoms with Crippen LogP contribution < -0.4 is 5.32 Å². The summed E-state index contributed by atoms with van der Waals surface area (Å²) in [5, 5.41) is 12.5. The minimum atomic E-state index is -0.619. The number of carbonyl (C=O) groups excluding carboxylic acids is 1. The van der Waals surface area contributed by atoms with Crippen LogP contribution in [-0.2, 0) is 10.2 Å². The smallest absolute Gasteiger partial charge is 0.236 e. The van der Waals surface area contributed by atoms with E-state index < -0.39 is 5.41 Å². The van der Waals surface area contributed by atoms with E-state index in [1.54, 1.807) is 12.1 Å². The molecular weight excluding hydrogens is 349 g/mol. The van der Waals surface area contributed by atoms with Crippen molar-refractivity contribution in [3.05, 3.63) is 66.0 Å². The van der Waals surface area contributed by atoms with Gasteiger partial charge >= 0.3 is 0 Å². The summed E-state index contributed by atoms with van der Waals surface area (Å²) in [6, 6.07) is 16.0. The molecule has 26 heavy (non-hydrogen) atoms. The van der Waals surface area contributed by atoms with Crippen molar-refractivity contribution in [2.75, 3.05) is 5.32 Å². The number of anilines is 1. The van der Waals surface area contributed by atoms with Gasteiger partial charge in [0.2, 0.25) is 11.0 Å². The van der Waals surface area contributed by atoms with E-state index in [0.29, 0.717) is 5.13 Å². The highest BCUT2D eigenvalue weighted by Crippen LogP contribution is 2.42. The van der Waals surface area contributed by atoms with Gasteiger partial charge in [-0.1, -0.05) is 66.6 Å². The van der Waals surface area contributed by atoms with Gasteiger partial charge in [-0.3, -0.25) is 10.1 Å². The number of hydrogen-bond donors (Lipinski definition) is 1. The van der Waals surface area contributed by atoms with Crippen molar-refractivity contribution < 1.29 is 9.18 Å². The zero-order valence-electron chi connectivity index (χ0n) is 14.1. The third kappa shape index (κ3) is 3.12. The fraction of sp³-hybridized carbons (Fsp3) is 0.250. The normalized spacial score (nSPS) is 15.7. The summed E-state index contributed by atoms with van der Waals surface area (Å²) in [6.45, 7) is 0. The fourth-order valence-electron chi connectivity index (χ4n) is 3.58. The van der Waals surface area contributed by atoms with E-state index in [9.17, 15) is 9.18 Å². The summed E-state index contributed by atoms with van der Waals surface area (Å²) in [7, 11) is 0. The van der Waals surface area contributed by atoms with Crippen LogP contribution in [0.25, 0.3) is 10.6 Å². The Labute approximate surface area is 155 Å². The first kappa shape index (κ1) is 16.8. The third-order valence-electron chi connectivity index (χ3n) is 4.95. The van der Waals surface area contributed by atoms with Crippen LogP contribution in [0.2, 0.25) is 0 Å². The maximum absolute atomic E-state index is 13.3. The molecule has 0 radical (unpaired) electrons. The van der Waals surface area contributed by atoms with Crippen LogP contribution in [0.5, 0.6) is 0 Å². The van der Waals surface area contributed by atoms with Crippen molar-refractivity contribution in [1.29, 1.82) is 0 Å². The number of rotatable bonds is 4. The summed E-state index contributed by atoms with van der Waals surface area (Å²) in [6.07, 6.45) is 3.48. The van der Waals surface area contributed by atoms with Gasteiger partial charge in [-0.2, -0.15) is 0 Å². The predicted octanol–water partition coefficient (Wildman–Crippen LogP) is 4.79. The van der Waals surface area contributed by atoms with Crippen molar-refractivity contribution in [1.82, 2.24) is 10.2 Å². The molecule has 1 N–H and O–H groups in total. The lowest BCUT2D eigenvalue weighted by molar-refractivity contribution is -0.121. The largest absolute Gasteiger partial charge is 0.300 e.